The third-order valence-corrected chi connectivity index (χ3v) is 6.01. The lowest BCUT2D eigenvalue weighted by molar-refractivity contribution is -0.0835. The third kappa shape index (κ3) is 8.51. The SMILES string of the molecule is CN=C(NCc1cccc(CN2CCOCC2)c1)NCC1CCCOC1C(C)(C)C.I. The molecule has 176 valence electrons. The lowest BCUT2D eigenvalue weighted by atomic mass is 9.78. The fraction of sp³-hybridized carbons (Fsp3) is 0.708. The van der Waals surface area contributed by atoms with Crippen LogP contribution in [0.1, 0.15) is 44.7 Å². The second-order valence-corrected chi connectivity index (χ2v) is 9.57. The first-order chi connectivity index (χ1) is 14.5. The predicted octanol–water partition coefficient (Wildman–Crippen LogP) is 3.64. The molecule has 2 N–H and O–H groups in total. The van der Waals surface area contributed by atoms with Gasteiger partial charge in [0, 0.05) is 52.3 Å². The van der Waals surface area contributed by atoms with Crippen LogP contribution >= 0.6 is 24.0 Å². The van der Waals surface area contributed by atoms with Gasteiger partial charge in [-0.3, -0.25) is 9.89 Å². The van der Waals surface area contributed by atoms with Crippen molar-refractivity contribution in [2.45, 2.75) is 52.8 Å². The highest BCUT2D eigenvalue weighted by Gasteiger charge is 2.35. The van der Waals surface area contributed by atoms with Crippen molar-refractivity contribution in [1.29, 1.82) is 0 Å². The van der Waals surface area contributed by atoms with Crippen molar-refractivity contribution in [3.8, 4) is 0 Å². The summed E-state index contributed by atoms with van der Waals surface area (Å²) >= 11 is 0. The Morgan fingerprint density at radius 3 is 2.58 bits per heavy atom. The number of aliphatic imine (C=N–C) groups is 1. The number of morpholine rings is 1. The molecule has 0 amide bonds. The maximum atomic E-state index is 6.11. The molecule has 6 nitrogen and oxygen atoms in total. The molecule has 3 rings (SSSR count). The van der Waals surface area contributed by atoms with Crippen molar-refractivity contribution < 1.29 is 9.47 Å². The summed E-state index contributed by atoms with van der Waals surface area (Å²) in [5, 5.41) is 7.00. The molecule has 2 aliphatic heterocycles. The fourth-order valence-corrected chi connectivity index (χ4v) is 4.50. The Bertz CT molecular complexity index is 686. The Hall–Kier alpha value is -0.900. The molecular weight excluding hydrogens is 503 g/mol. The molecule has 2 aliphatic rings. The average Bonchev–Trinajstić information content (AvgIpc) is 2.74. The van der Waals surface area contributed by atoms with E-state index < -0.39 is 0 Å². The molecule has 0 aliphatic carbocycles. The van der Waals surface area contributed by atoms with E-state index in [1.54, 1.807) is 0 Å². The van der Waals surface area contributed by atoms with Crippen molar-refractivity contribution in [1.82, 2.24) is 15.5 Å². The first-order valence-electron chi connectivity index (χ1n) is 11.4. The van der Waals surface area contributed by atoms with Crippen LogP contribution in [0.2, 0.25) is 0 Å². The van der Waals surface area contributed by atoms with Crippen LogP contribution in [-0.4, -0.2) is 63.5 Å². The number of nitrogens with one attached hydrogen (secondary N) is 2. The highest BCUT2D eigenvalue weighted by Crippen LogP contribution is 2.33. The summed E-state index contributed by atoms with van der Waals surface area (Å²) < 4.78 is 11.6. The zero-order valence-corrected chi connectivity index (χ0v) is 22.0. The number of benzene rings is 1. The maximum Gasteiger partial charge on any atom is 0.191 e. The zero-order chi connectivity index (χ0) is 21.4. The van der Waals surface area contributed by atoms with Gasteiger partial charge in [0.25, 0.3) is 0 Å². The molecule has 7 heteroatoms. The van der Waals surface area contributed by atoms with E-state index in [0.717, 1.165) is 64.9 Å². The van der Waals surface area contributed by atoms with Crippen molar-refractivity contribution in [2.75, 3.05) is 46.5 Å². The number of halogens is 1. The molecule has 2 fully saturated rings. The van der Waals surface area contributed by atoms with Crippen LogP contribution in [0.25, 0.3) is 0 Å². The van der Waals surface area contributed by atoms with Gasteiger partial charge in [-0.15, -0.1) is 24.0 Å². The summed E-state index contributed by atoms with van der Waals surface area (Å²) in [7, 11) is 1.84. The Morgan fingerprint density at radius 2 is 1.87 bits per heavy atom. The normalized spacial score (nSPS) is 23.2. The van der Waals surface area contributed by atoms with Gasteiger partial charge in [-0.1, -0.05) is 45.0 Å². The van der Waals surface area contributed by atoms with E-state index in [2.05, 4.69) is 65.6 Å². The number of ether oxygens (including phenoxy) is 2. The van der Waals surface area contributed by atoms with Crippen LogP contribution in [0.5, 0.6) is 0 Å². The number of hydrogen-bond donors (Lipinski definition) is 2. The van der Waals surface area contributed by atoms with Gasteiger partial charge in [-0.2, -0.15) is 0 Å². The molecule has 2 atom stereocenters. The van der Waals surface area contributed by atoms with E-state index in [4.69, 9.17) is 9.47 Å². The van der Waals surface area contributed by atoms with Crippen LogP contribution in [0.15, 0.2) is 29.3 Å². The summed E-state index contributed by atoms with van der Waals surface area (Å²) in [5.74, 6) is 1.36. The molecule has 0 radical (unpaired) electrons. The highest BCUT2D eigenvalue weighted by atomic mass is 127. The summed E-state index contributed by atoms with van der Waals surface area (Å²) in [6, 6.07) is 8.83. The summed E-state index contributed by atoms with van der Waals surface area (Å²) in [5.41, 5.74) is 2.79. The van der Waals surface area contributed by atoms with E-state index in [9.17, 15) is 0 Å². The van der Waals surface area contributed by atoms with E-state index >= 15 is 0 Å². The van der Waals surface area contributed by atoms with Gasteiger partial charge in [-0.05, 0) is 29.4 Å². The lowest BCUT2D eigenvalue weighted by Crippen LogP contribution is -2.47. The van der Waals surface area contributed by atoms with Crippen molar-refractivity contribution >= 4 is 29.9 Å². The van der Waals surface area contributed by atoms with E-state index in [1.165, 1.54) is 17.5 Å². The zero-order valence-electron chi connectivity index (χ0n) is 19.7. The first-order valence-corrected chi connectivity index (χ1v) is 11.4. The Morgan fingerprint density at radius 1 is 1.13 bits per heavy atom. The number of guanidine groups is 1. The van der Waals surface area contributed by atoms with Crippen molar-refractivity contribution in [3.63, 3.8) is 0 Å². The summed E-state index contributed by atoms with van der Waals surface area (Å²) in [6.07, 6.45) is 2.63. The largest absolute Gasteiger partial charge is 0.379 e. The molecule has 2 heterocycles. The molecule has 0 aromatic heterocycles. The smallest absolute Gasteiger partial charge is 0.191 e. The second kappa shape index (κ2) is 13.0. The van der Waals surface area contributed by atoms with Crippen molar-refractivity contribution in [2.24, 2.45) is 16.3 Å². The lowest BCUT2D eigenvalue weighted by Gasteiger charge is -2.40. The van der Waals surface area contributed by atoms with Gasteiger partial charge in [0.05, 0.1) is 19.3 Å². The molecule has 1 aromatic rings. The van der Waals surface area contributed by atoms with Gasteiger partial charge in [-0.25, -0.2) is 0 Å². The maximum absolute atomic E-state index is 6.11. The molecule has 2 saturated heterocycles. The minimum absolute atomic E-state index is 0. The molecule has 0 saturated carbocycles. The Balaban J connectivity index is 0.00000341. The molecule has 0 spiro atoms. The van der Waals surface area contributed by atoms with Gasteiger partial charge >= 0.3 is 0 Å². The van der Waals surface area contributed by atoms with Crippen molar-refractivity contribution in [3.05, 3.63) is 35.4 Å². The second-order valence-electron chi connectivity index (χ2n) is 9.57. The highest BCUT2D eigenvalue weighted by molar-refractivity contribution is 14.0. The van der Waals surface area contributed by atoms with Gasteiger partial charge in [0.15, 0.2) is 5.96 Å². The van der Waals surface area contributed by atoms with E-state index in [1.807, 2.05) is 7.05 Å². The molecule has 31 heavy (non-hydrogen) atoms. The number of rotatable bonds is 6. The van der Waals surface area contributed by atoms with Gasteiger partial charge < -0.3 is 20.1 Å². The quantitative estimate of drug-likeness (QED) is 0.326. The molecular formula is C24H41IN4O2. The number of hydrogen-bond acceptors (Lipinski definition) is 4. The first kappa shape index (κ1) is 26.4. The van der Waals surface area contributed by atoms with Gasteiger partial charge in [0.2, 0.25) is 0 Å². The van der Waals surface area contributed by atoms with Crippen LogP contribution in [0.4, 0.5) is 0 Å². The predicted molar refractivity (Wildman–Crippen MR) is 138 cm³/mol. The van der Waals surface area contributed by atoms with Crippen LogP contribution in [0, 0.1) is 11.3 Å². The van der Waals surface area contributed by atoms with Crippen LogP contribution < -0.4 is 10.6 Å². The molecule has 1 aromatic carbocycles. The minimum atomic E-state index is 0. The summed E-state index contributed by atoms with van der Waals surface area (Å²) in [4.78, 5) is 6.88. The van der Waals surface area contributed by atoms with Crippen LogP contribution in [-0.2, 0) is 22.6 Å². The topological polar surface area (TPSA) is 58.1 Å². The van der Waals surface area contributed by atoms with E-state index in [-0.39, 0.29) is 35.5 Å². The van der Waals surface area contributed by atoms with E-state index in [0.29, 0.717) is 5.92 Å². The van der Waals surface area contributed by atoms with Gasteiger partial charge in [0.1, 0.15) is 0 Å². The Labute approximate surface area is 205 Å². The third-order valence-electron chi connectivity index (χ3n) is 6.01. The monoisotopic (exact) mass is 544 g/mol. The number of nitrogens with zero attached hydrogens (tertiary/aromatic N) is 2. The molecule has 2 unspecified atom stereocenters. The fourth-order valence-electron chi connectivity index (χ4n) is 4.50. The minimum Gasteiger partial charge on any atom is -0.379 e. The Kier molecular flexibility index (Phi) is 11.0. The average molecular weight is 545 g/mol. The summed E-state index contributed by atoms with van der Waals surface area (Å²) in [6.45, 7) is 14.0. The van der Waals surface area contributed by atoms with Crippen LogP contribution in [0.3, 0.4) is 0 Å². The standard InChI is InChI=1S/C24H40N4O2.HI/c1-24(2,3)22-21(9-6-12-30-22)17-27-23(25-4)26-16-19-7-5-8-20(15-19)18-28-10-13-29-14-11-28;/h5,7-8,15,21-22H,6,9-14,16-18H2,1-4H3,(H2,25,26,27);1H. The molecule has 0 bridgehead atoms.